The smallest absolute Gasteiger partial charge is 0.0892 e. The molecule has 0 aromatic carbocycles. The standard InChI is InChI=1S/C13H28N2/c1-2-3-4-5-6-7-8-9-10-11-12-13(14)15/h12H,2-11,14-15H2,1H3. The monoisotopic (exact) mass is 212 g/mol. The van der Waals surface area contributed by atoms with Crippen LogP contribution in [-0.2, 0) is 0 Å². The Balaban J connectivity index is 2.96. The molecule has 4 N–H and O–H groups in total. The van der Waals surface area contributed by atoms with E-state index in [0.29, 0.717) is 5.82 Å². The minimum atomic E-state index is 0.467. The third-order valence-electron chi connectivity index (χ3n) is 2.69. The molecule has 90 valence electrons. The van der Waals surface area contributed by atoms with Crippen LogP contribution in [0, 0.1) is 0 Å². The second-order valence-electron chi connectivity index (χ2n) is 4.32. The van der Waals surface area contributed by atoms with Crippen LogP contribution in [0.1, 0.15) is 71.1 Å². The first-order valence-corrected chi connectivity index (χ1v) is 6.48. The Morgan fingerprint density at radius 3 is 1.73 bits per heavy atom. The van der Waals surface area contributed by atoms with Crippen molar-refractivity contribution in [1.82, 2.24) is 0 Å². The zero-order chi connectivity index (χ0) is 11.4. The van der Waals surface area contributed by atoms with Gasteiger partial charge in [-0.05, 0) is 18.9 Å². The number of hydrogen-bond acceptors (Lipinski definition) is 2. The maximum Gasteiger partial charge on any atom is 0.0892 e. The number of unbranched alkanes of at least 4 members (excludes halogenated alkanes) is 9. The van der Waals surface area contributed by atoms with Crippen LogP contribution in [0.3, 0.4) is 0 Å². The molecule has 0 aromatic heterocycles. The van der Waals surface area contributed by atoms with Gasteiger partial charge in [-0.3, -0.25) is 0 Å². The molecule has 0 saturated carbocycles. The summed E-state index contributed by atoms with van der Waals surface area (Å²) in [4.78, 5) is 0. The fraction of sp³-hybridized carbons (Fsp3) is 0.846. The molecular formula is C13H28N2. The van der Waals surface area contributed by atoms with Crippen LogP contribution in [0.4, 0.5) is 0 Å². The van der Waals surface area contributed by atoms with Gasteiger partial charge in [-0.1, -0.05) is 58.3 Å². The summed E-state index contributed by atoms with van der Waals surface area (Å²) in [5, 5.41) is 0. The minimum absolute atomic E-state index is 0.467. The van der Waals surface area contributed by atoms with E-state index in [0.717, 1.165) is 6.42 Å². The lowest BCUT2D eigenvalue weighted by Gasteiger charge is -2.00. The van der Waals surface area contributed by atoms with Gasteiger partial charge < -0.3 is 11.5 Å². The maximum atomic E-state index is 5.34. The second kappa shape index (κ2) is 11.4. The van der Waals surface area contributed by atoms with E-state index in [1.807, 2.05) is 6.08 Å². The molecule has 2 heteroatoms. The Labute approximate surface area is 95.1 Å². The van der Waals surface area contributed by atoms with Gasteiger partial charge in [0.1, 0.15) is 0 Å². The molecule has 2 nitrogen and oxygen atoms in total. The largest absolute Gasteiger partial charge is 0.386 e. The fourth-order valence-electron chi connectivity index (χ4n) is 1.72. The van der Waals surface area contributed by atoms with Crippen molar-refractivity contribution in [2.24, 2.45) is 11.5 Å². The van der Waals surface area contributed by atoms with Gasteiger partial charge in [-0.2, -0.15) is 0 Å². The minimum Gasteiger partial charge on any atom is -0.386 e. The van der Waals surface area contributed by atoms with E-state index in [9.17, 15) is 0 Å². The van der Waals surface area contributed by atoms with Crippen LogP contribution in [-0.4, -0.2) is 0 Å². The molecule has 0 fully saturated rings. The van der Waals surface area contributed by atoms with Crippen molar-refractivity contribution in [3.8, 4) is 0 Å². The van der Waals surface area contributed by atoms with Gasteiger partial charge in [0, 0.05) is 0 Å². The molecule has 0 saturated heterocycles. The lowest BCUT2D eigenvalue weighted by Crippen LogP contribution is -2.07. The Hall–Kier alpha value is -0.660. The Kier molecular flexibility index (Phi) is 10.9. The first kappa shape index (κ1) is 14.3. The Morgan fingerprint density at radius 1 is 0.800 bits per heavy atom. The van der Waals surface area contributed by atoms with Crippen LogP contribution < -0.4 is 11.5 Å². The van der Waals surface area contributed by atoms with Crippen molar-refractivity contribution in [2.75, 3.05) is 0 Å². The van der Waals surface area contributed by atoms with Crippen molar-refractivity contribution in [3.05, 3.63) is 11.9 Å². The average Bonchev–Trinajstić information content (AvgIpc) is 2.20. The molecule has 0 unspecified atom stereocenters. The predicted octanol–water partition coefficient (Wildman–Crippen LogP) is 3.67. The van der Waals surface area contributed by atoms with Gasteiger partial charge in [0.05, 0.1) is 5.82 Å². The lowest BCUT2D eigenvalue weighted by atomic mass is 10.1. The molecule has 0 bridgehead atoms. The van der Waals surface area contributed by atoms with Gasteiger partial charge in [-0.15, -0.1) is 0 Å². The maximum absolute atomic E-state index is 5.34. The van der Waals surface area contributed by atoms with Crippen LogP contribution >= 0.6 is 0 Å². The zero-order valence-electron chi connectivity index (χ0n) is 10.3. The fourth-order valence-corrected chi connectivity index (χ4v) is 1.72. The van der Waals surface area contributed by atoms with E-state index < -0.39 is 0 Å². The molecule has 0 radical (unpaired) electrons. The van der Waals surface area contributed by atoms with Gasteiger partial charge >= 0.3 is 0 Å². The van der Waals surface area contributed by atoms with E-state index in [2.05, 4.69) is 6.92 Å². The summed E-state index contributed by atoms with van der Waals surface area (Å²) in [5.41, 5.74) is 10.7. The molecular weight excluding hydrogens is 184 g/mol. The number of rotatable bonds is 10. The summed E-state index contributed by atoms with van der Waals surface area (Å²) in [6, 6.07) is 0. The van der Waals surface area contributed by atoms with Crippen LogP contribution in [0.15, 0.2) is 11.9 Å². The van der Waals surface area contributed by atoms with E-state index in [-0.39, 0.29) is 0 Å². The Morgan fingerprint density at radius 2 is 1.27 bits per heavy atom. The molecule has 0 aliphatic heterocycles. The number of nitrogens with two attached hydrogens (primary N) is 2. The summed E-state index contributed by atoms with van der Waals surface area (Å²) in [6.45, 7) is 2.26. The Bertz CT molecular complexity index is 149. The highest BCUT2D eigenvalue weighted by molar-refractivity contribution is 4.89. The molecule has 0 amide bonds. The van der Waals surface area contributed by atoms with E-state index >= 15 is 0 Å². The van der Waals surface area contributed by atoms with Crippen LogP contribution in [0.25, 0.3) is 0 Å². The first-order chi connectivity index (χ1) is 7.27. The van der Waals surface area contributed by atoms with Gasteiger partial charge in [0.2, 0.25) is 0 Å². The van der Waals surface area contributed by atoms with E-state index in [1.165, 1.54) is 57.8 Å². The SMILES string of the molecule is CCCCCCCCCCCC=C(N)N. The van der Waals surface area contributed by atoms with Gasteiger partial charge in [0.15, 0.2) is 0 Å². The average molecular weight is 212 g/mol. The summed E-state index contributed by atoms with van der Waals surface area (Å²) in [7, 11) is 0. The van der Waals surface area contributed by atoms with Crippen LogP contribution in [0.5, 0.6) is 0 Å². The van der Waals surface area contributed by atoms with Crippen molar-refractivity contribution >= 4 is 0 Å². The highest BCUT2D eigenvalue weighted by Gasteiger charge is 1.91. The first-order valence-electron chi connectivity index (χ1n) is 6.48. The van der Waals surface area contributed by atoms with Crippen molar-refractivity contribution in [2.45, 2.75) is 71.1 Å². The highest BCUT2D eigenvalue weighted by Crippen LogP contribution is 2.10. The number of allylic oxidation sites excluding steroid dienone is 1. The van der Waals surface area contributed by atoms with Gasteiger partial charge in [0.25, 0.3) is 0 Å². The third-order valence-corrected chi connectivity index (χ3v) is 2.69. The quantitative estimate of drug-likeness (QED) is 0.543. The second-order valence-corrected chi connectivity index (χ2v) is 4.32. The predicted molar refractivity (Wildman–Crippen MR) is 68.3 cm³/mol. The third kappa shape index (κ3) is 13.3. The molecule has 0 atom stereocenters. The lowest BCUT2D eigenvalue weighted by molar-refractivity contribution is 0.566. The molecule has 0 rings (SSSR count). The summed E-state index contributed by atoms with van der Waals surface area (Å²) < 4.78 is 0. The molecule has 0 aromatic rings. The van der Waals surface area contributed by atoms with Crippen molar-refractivity contribution in [1.29, 1.82) is 0 Å². The molecule has 0 aliphatic carbocycles. The normalized spacial score (nSPS) is 10.2. The van der Waals surface area contributed by atoms with Crippen molar-refractivity contribution in [3.63, 3.8) is 0 Å². The molecule has 15 heavy (non-hydrogen) atoms. The molecule has 0 spiro atoms. The van der Waals surface area contributed by atoms with Crippen molar-refractivity contribution < 1.29 is 0 Å². The summed E-state index contributed by atoms with van der Waals surface area (Å²) in [6.07, 6.45) is 15.3. The van der Waals surface area contributed by atoms with Gasteiger partial charge in [-0.25, -0.2) is 0 Å². The molecule has 0 heterocycles. The van der Waals surface area contributed by atoms with Crippen LogP contribution in [0.2, 0.25) is 0 Å². The summed E-state index contributed by atoms with van der Waals surface area (Å²) >= 11 is 0. The van der Waals surface area contributed by atoms with E-state index in [4.69, 9.17) is 11.5 Å². The zero-order valence-corrected chi connectivity index (χ0v) is 10.3. The topological polar surface area (TPSA) is 52.0 Å². The number of hydrogen-bond donors (Lipinski definition) is 2. The summed E-state index contributed by atoms with van der Waals surface area (Å²) in [5.74, 6) is 0.467. The molecule has 0 aliphatic rings. The van der Waals surface area contributed by atoms with E-state index in [1.54, 1.807) is 0 Å². The highest BCUT2D eigenvalue weighted by atomic mass is 14.8.